The minimum atomic E-state index is -0.899. The molecule has 0 unspecified atom stereocenters. The van der Waals surface area contributed by atoms with Crippen molar-refractivity contribution in [1.29, 1.82) is 0 Å². The lowest BCUT2D eigenvalue weighted by Crippen LogP contribution is -2.38. The second kappa shape index (κ2) is 9.32. The molecule has 0 radical (unpaired) electrons. The van der Waals surface area contributed by atoms with Crippen molar-refractivity contribution >= 4 is 5.91 Å². The van der Waals surface area contributed by atoms with E-state index in [-0.39, 0.29) is 5.91 Å². The Bertz CT molecular complexity index is 828. The molecule has 0 saturated carbocycles. The number of hydrogen-bond donors (Lipinski definition) is 1. The SMILES string of the molecule is Cc1ccc([C@]2(O)CCN(C(=O)CC3CCN(CCc4ccccc4)CC3)C2)cc1. The highest BCUT2D eigenvalue weighted by atomic mass is 16.3. The predicted octanol–water partition coefficient (Wildman–Crippen LogP) is 3.76. The fraction of sp³-hybridized carbons (Fsp3) is 0.500. The van der Waals surface area contributed by atoms with Crippen LogP contribution in [0.25, 0.3) is 0 Å². The lowest BCUT2D eigenvalue weighted by molar-refractivity contribution is -0.132. The second-order valence-corrected chi connectivity index (χ2v) is 9.19. The number of likely N-dealkylation sites (tertiary alicyclic amines) is 2. The van der Waals surface area contributed by atoms with E-state index in [4.69, 9.17) is 0 Å². The molecule has 2 heterocycles. The Labute approximate surface area is 180 Å². The number of benzene rings is 2. The van der Waals surface area contributed by atoms with Gasteiger partial charge in [0.25, 0.3) is 0 Å². The minimum absolute atomic E-state index is 0.209. The van der Waals surface area contributed by atoms with Crippen molar-refractivity contribution in [2.45, 2.75) is 44.6 Å². The molecule has 4 heteroatoms. The molecule has 2 aliphatic rings. The van der Waals surface area contributed by atoms with Crippen LogP contribution in [0.4, 0.5) is 0 Å². The largest absolute Gasteiger partial charge is 0.383 e. The molecule has 2 aliphatic heterocycles. The molecule has 1 atom stereocenters. The van der Waals surface area contributed by atoms with E-state index in [0.717, 1.165) is 44.5 Å². The van der Waals surface area contributed by atoms with Gasteiger partial charge in [-0.05, 0) is 62.7 Å². The van der Waals surface area contributed by atoms with E-state index in [2.05, 4.69) is 35.2 Å². The van der Waals surface area contributed by atoms with E-state index in [1.165, 1.54) is 11.1 Å². The summed E-state index contributed by atoms with van der Waals surface area (Å²) in [6.07, 6.45) is 4.53. The molecule has 1 N–H and O–H groups in total. The van der Waals surface area contributed by atoms with Gasteiger partial charge in [0.1, 0.15) is 5.60 Å². The Morgan fingerprint density at radius 2 is 1.73 bits per heavy atom. The molecular formula is C26H34N2O2. The van der Waals surface area contributed by atoms with Crippen LogP contribution in [0.2, 0.25) is 0 Å². The second-order valence-electron chi connectivity index (χ2n) is 9.19. The zero-order valence-electron chi connectivity index (χ0n) is 18.1. The maximum absolute atomic E-state index is 12.9. The minimum Gasteiger partial charge on any atom is -0.383 e. The van der Waals surface area contributed by atoms with Crippen molar-refractivity contribution in [3.8, 4) is 0 Å². The van der Waals surface area contributed by atoms with E-state index < -0.39 is 5.60 Å². The standard InChI is InChI=1S/C26H34N2O2/c1-21-7-9-24(10-8-21)26(30)14-18-28(20-26)25(29)19-23-12-16-27(17-13-23)15-11-22-5-3-2-4-6-22/h2-10,23,30H,11-20H2,1H3/t26-/m0/s1. The Kier molecular flexibility index (Phi) is 6.55. The van der Waals surface area contributed by atoms with E-state index in [0.29, 0.717) is 31.8 Å². The van der Waals surface area contributed by atoms with Crippen molar-refractivity contribution in [3.63, 3.8) is 0 Å². The average molecular weight is 407 g/mol. The lowest BCUT2D eigenvalue weighted by atomic mass is 9.92. The van der Waals surface area contributed by atoms with Crippen molar-refractivity contribution < 1.29 is 9.90 Å². The molecule has 4 rings (SSSR count). The fourth-order valence-corrected chi connectivity index (χ4v) is 4.83. The van der Waals surface area contributed by atoms with Crippen LogP contribution in [-0.2, 0) is 16.8 Å². The number of rotatable bonds is 6. The maximum atomic E-state index is 12.9. The number of carbonyl (C=O) groups excluding carboxylic acids is 1. The number of aryl methyl sites for hydroxylation is 1. The number of hydrogen-bond acceptors (Lipinski definition) is 3. The fourth-order valence-electron chi connectivity index (χ4n) is 4.83. The van der Waals surface area contributed by atoms with Crippen LogP contribution in [0.3, 0.4) is 0 Å². The summed E-state index contributed by atoms with van der Waals surface area (Å²) in [6, 6.07) is 18.7. The maximum Gasteiger partial charge on any atom is 0.222 e. The van der Waals surface area contributed by atoms with Crippen LogP contribution in [0.5, 0.6) is 0 Å². The van der Waals surface area contributed by atoms with Crippen molar-refractivity contribution in [2.75, 3.05) is 32.7 Å². The van der Waals surface area contributed by atoms with Gasteiger partial charge in [0.05, 0.1) is 6.54 Å². The van der Waals surface area contributed by atoms with Gasteiger partial charge < -0.3 is 14.9 Å². The third-order valence-electron chi connectivity index (χ3n) is 6.92. The zero-order chi connectivity index (χ0) is 21.0. The molecule has 2 aromatic carbocycles. The van der Waals surface area contributed by atoms with Gasteiger partial charge in [-0.3, -0.25) is 4.79 Å². The smallest absolute Gasteiger partial charge is 0.222 e. The number of amides is 1. The summed E-state index contributed by atoms with van der Waals surface area (Å²) in [7, 11) is 0. The first-order valence-corrected chi connectivity index (χ1v) is 11.4. The van der Waals surface area contributed by atoms with Gasteiger partial charge in [0.2, 0.25) is 5.91 Å². The summed E-state index contributed by atoms with van der Waals surface area (Å²) in [5.74, 6) is 0.680. The Morgan fingerprint density at radius 3 is 2.43 bits per heavy atom. The first-order valence-electron chi connectivity index (χ1n) is 11.4. The highest BCUT2D eigenvalue weighted by Crippen LogP contribution is 2.33. The van der Waals surface area contributed by atoms with E-state index >= 15 is 0 Å². The van der Waals surface area contributed by atoms with Gasteiger partial charge in [-0.2, -0.15) is 0 Å². The number of β-amino-alcohol motifs (C(OH)–C–C–N with tert-alkyl or cyclic N) is 1. The molecule has 0 bridgehead atoms. The Morgan fingerprint density at radius 1 is 1.03 bits per heavy atom. The summed E-state index contributed by atoms with van der Waals surface area (Å²) < 4.78 is 0. The summed E-state index contributed by atoms with van der Waals surface area (Å²) in [6.45, 7) is 6.38. The highest BCUT2D eigenvalue weighted by molar-refractivity contribution is 5.77. The van der Waals surface area contributed by atoms with E-state index in [1.54, 1.807) is 0 Å². The summed E-state index contributed by atoms with van der Waals surface area (Å²) in [5, 5.41) is 11.1. The number of piperidine rings is 1. The van der Waals surface area contributed by atoms with Gasteiger partial charge >= 0.3 is 0 Å². The van der Waals surface area contributed by atoms with Gasteiger partial charge in [0.15, 0.2) is 0 Å². The molecule has 0 spiro atoms. The topological polar surface area (TPSA) is 43.8 Å². The zero-order valence-corrected chi connectivity index (χ0v) is 18.1. The van der Waals surface area contributed by atoms with Crippen molar-refractivity contribution in [3.05, 3.63) is 71.3 Å². The van der Waals surface area contributed by atoms with Crippen LogP contribution >= 0.6 is 0 Å². The summed E-state index contributed by atoms with van der Waals surface area (Å²) in [4.78, 5) is 17.3. The predicted molar refractivity (Wildman–Crippen MR) is 120 cm³/mol. The average Bonchev–Trinajstić information content (AvgIpc) is 3.18. The highest BCUT2D eigenvalue weighted by Gasteiger charge is 2.39. The third kappa shape index (κ3) is 5.11. The van der Waals surface area contributed by atoms with Crippen LogP contribution < -0.4 is 0 Å². The van der Waals surface area contributed by atoms with Gasteiger partial charge in [-0.25, -0.2) is 0 Å². The van der Waals surface area contributed by atoms with Crippen LogP contribution in [0.1, 0.15) is 42.4 Å². The molecule has 0 aromatic heterocycles. The number of aliphatic hydroxyl groups is 1. The molecule has 2 aromatic rings. The summed E-state index contributed by atoms with van der Waals surface area (Å²) >= 11 is 0. The van der Waals surface area contributed by atoms with Crippen LogP contribution in [-0.4, -0.2) is 53.5 Å². The number of nitrogens with zero attached hydrogens (tertiary/aromatic N) is 2. The molecule has 1 amide bonds. The van der Waals surface area contributed by atoms with Gasteiger partial charge in [0, 0.05) is 19.5 Å². The third-order valence-corrected chi connectivity index (χ3v) is 6.92. The Balaban J connectivity index is 1.22. The summed E-state index contributed by atoms with van der Waals surface area (Å²) in [5.41, 5.74) is 2.60. The first-order chi connectivity index (χ1) is 14.5. The molecular weight excluding hydrogens is 372 g/mol. The van der Waals surface area contributed by atoms with E-state index in [9.17, 15) is 9.90 Å². The lowest BCUT2D eigenvalue weighted by Gasteiger charge is -2.32. The van der Waals surface area contributed by atoms with Crippen molar-refractivity contribution in [1.82, 2.24) is 9.80 Å². The molecule has 2 saturated heterocycles. The normalized spacial score (nSPS) is 23.1. The van der Waals surface area contributed by atoms with Crippen molar-refractivity contribution in [2.24, 2.45) is 5.92 Å². The van der Waals surface area contributed by atoms with Crippen LogP contribution in [0.15, 0.2) is 54.6 Å². The van der Waals surface area contributed by atoms with Gasteiger partial charge in [-0.1, -0.05) is 60.2 Å². The molecule has 0 aliphatic carbocycles. The molecule has 30 heavy (non-hydrogen) atoms. The monoisotopic (exact) mass is 406 g/mol. The molecule has 4 nitrogen and oxygen atoms in total. The molecule has 2 fully saturated rings. The quantitative estimate of drug-likeness (QED) is 0.794. The first kappa shape index (κ1) is 21.1. The van der Waals surface area contributed by atoms with E-state index in [1.807, 2.05) is 36.1 Å². The van der Waals surface area contributed by atoms with Crippen LogP contribution in [0, 0.1) is 12.8 Å². The number of carbonyl (C=O) groups is 1. The Hall–Kier alpha value is -2.17. The van der Waals surface area contributed by atoms with Gasteiger partial charge in [-0.15, -0.1) is 0 Å². The molecule has 160 valence electrons.